The number of urea groups is 1. The molecule has 0 saturated carbocycles. The molecule has 0 aromatic heterocycles. The van der Waals surface area contributed by atoms with Crippen LogP contribution in [0.4, 0.5) is 10.5 Å². The van der Waals surface area contributed by atoms with Crippen LogP contribution in [0.1, 0.15) is 20.3 Å². The van der Waals surface area contributed by atoms with Gasteiger partial charge < -0.3 is 14.7 Å². The van der Waals surface area contributed by atoms with Crippen LogP contribution in [0.2, 0.25) is 0 Å². The number of carboxylic acid groups (broad SMARTS) is 1. The summed E-state index contributed by atoms with van der Waals surface area (Å²) in [6.45, 7) is 4.36. The zero-order valence-electron chi connectivity index (χ0n) is 12.3. The van der Waals surface area contributed by atoms with E-state index in [2.05, 4.69) is 0 Å². The molecule has 0 spiro atoms. The van der Waals surface area contributed by atoms with E-state index in [4.69, 9.17) is 9.84 Å². The average Bonchev–Trinajstić information content (AvgIpc) is 2.66. The third-order valence-corrected chi connectivity index (χ3v) is 3.35. The van der Waals surface area contributed by atoms with E-state index >= 15 is 0 Å². The van der Waals surface area contributed by atoms with E-state index in [1.807, 2.05) is 24.3 Å². The molecule has 0 radical (unpaired) electrons. The lowest BCUT2D eigenvalue weighted by Gasteiger charge is -2.31. The predicted octanol–water partition coefficient (Wildman–Crippen LogP) is 2.19. The average molecular weight is 292 g/mol. The van der Waals surface area contributed by atoms with Gasteiger partial charge in [0.1, 0.15) is 12.3 Å². The number of hydrogen-bond donors (Lipinski definition) is 1. The van der Waals surface area contributed by atoms with Crippen molar-refractivity contribution in [1.29, 1.82) is 0 Å². The molecule has 0 bridgehead atoms. The molecule has 0 saturated heterocycles. The Morgan fingerprint density at radius 1 is 1.38 bits per heavy atom. The molecular formula is C15H20N2O4. The van der Waals surface area contributed by atoms with Gasteiger partial charge in [-0.3, -0.25) is 9.69 Å². The molecule has 2 rings (SSSR count). The summed E-state index contributed by atoms with van der Waals surface area (Å²) in [5.41, 5.74) is 0.691. The number of ether oxygens (including phenoxy) is 1. The molecule has 1 aromatic rings. The smallest absolute Gasteiger partial charge is 0.325 e. The van der Waals surface area contributed by atoms with Gasteiger partial charge in [0.15, 0.2) is 0 Å². The normalized spacial score (nSPS) is 14.1. The highest BCUT2D eigenvalue weighted by Crippen LogP contribution is 2.31. The highest BCUT2D eigenvalue weighted by atomic mass is 16.5. The van der Waals surface area contributed by atoms with Gasteiger partial charge in [-0.05, 0) is 32.4 Å². The SMILES string of the molecule is CC(C)N(CC(=O)O)C(=O)N1CCCOc2ccccc21. The van der Waals surface area contributed by atoms with Crippen molar-refractivity contribution in [2.45, 2.75) is 26.3 Å². The minimum Gasteiger partial charge on any atom is -0.491 e. The number of fused-ring (bicyclic) bond motifs is 1. The van der Waals surface area contributed by atoms with Gasteiger partial charge in [0.05, 0.1) is 12.3 Å². The second-order valence-electron chi connectivity index (χ2n) is 5.22. The summed E-state index contributed by atoms with van der Waals surface area (Å²) in [5, 5.41) is 8.99. The van der Waals surface area contributed by atoms with Gasteiger partial charge in [0.2, 0.25) is 0 Å². The summed E-state index contributed by atoms with van der Waals surface area (Å²) >= 11 is 0. The number of benzene rings is 1. The minimum atomic E-state index is -1.02. The molecule has 6 heteroatoms. The van der Waals surface area contributed by atoms with Crippen LogP contribution in [-0.2, 0) is 4.79 Å². The first-order valence-corrected chi connectivity index (χ1v) is 7.02. The van der Waals surface area contributed by atoms with Gasteiger partial charge in [-0.2, -0.15) is 0 Å². The van der Waals surface area contributed by atoms with Crippen LogP contribution in [0, 0.1) is 0 Å². The molecular weight excluding hydrogens is 272 g/mol. The predicted molar refractivity (Wildman–Crippen MR) is 78.8 cm³/mol. The number of nitrogens with zero attached hydrogens (tertiary/aromatic N) is 2. The Balaban J connectivity index is 2.30. The van der Waals surface area contributed by atoms with Gasteiger partial charge in [-0.25, -0.2) is 4.79 Å². The van der Waals surface area contributed by atoms with Crippen LogP contribution in [0.15, 0.2) is 24.3 Å². The number of para-hydroxylation sites is 2. The molecule has 1 N–H and O–H groups in total. The van der Waals surface area contributed by atoms with Crippen molar-refractivity contribution < 1.29 is 19.4 Å². The molecule has 0 atom stereocenters. The maximum atomic E-state index is 12.7. The monoisotopic (exact) mass is 292 g/mol. The lowest BCUT2D eigenvalue weighted by atomic mass is 10.2. The lowest BCUT2D eigenvalue weighted by molar-refractivity contribution is -0.137. The van der Waals surface area contributed by atoms with E-state index in [0.29, 0.717) is 31.0 Å². The van der Waals surface area contributed by atoms with Crippen LogP contribution in [0.3, 0.4) is 0 Å². The topological polar surface area (TPSA) is 70.1 Å². The highest BCUT2D eigenvalue weighted by Gasteiger charge is 2.28. The molecule has 1 aliphatic rings. The molecule has 21 heavy (non-hydrogen) atoms. The highest BCUT2D eigenvalue weighted by molar-refractivity contribution is 5.95. The molecule has 1 heterocycles. The Labute approximate surface area is 123 Å². The zero-order chi connectivity index (χ0) is 15.4. The second kappa shape index (κ2) is 6.47. The Morgan fingerprint density at radius 3 is 2.76 bits per heavy atom. The van der Waals surface area contributed by atoms with Crippen molar-refractivity contribution in [3.05, 3.63) is 24.3 Å². The van der Waals surface area contributed by atoms with Crippen molar-refractivity contribution in [3.63, 3.8) is 0 Å². The van der Waals surface area contributed by atoms with Crippen molar-refractivity contribution in [1.82, 2.24) is 4.90 Å². The van der Waals surface area contributed by atoms with Crippen molar-refractivity contribution in [3.8, 4) is 5.75 Å². The molecule has 1 aromatic carbocycles. The van der Waals surface area contributed by atoms with E-state index in [-0.39, 0.29) is 18.6 Å². The van der Waals surface area contributed by atoms with Gasteiger partial charge in [0.25, 0.3) is 0 Å². The maximum absolute atomic E-state index is 12.7. The Hall–Kier alpha value is -2.24. The van der Waals surface area contributed by atoms with E-state index in [1.54, 1.807) is 18.7 Å². The first-order valence-electron chi connectivity index (χ1n) is 7.02. The fourth-order valence-electron chi connectivity index (χ4n) is 2.30. The van der Waals surface area contributed by atoms with Crippen molar-refractivity contribution >= 4 is 17.7 Å². The van der Waals surface area contributed by atoms with Crippen LogP contribution in [-0.4, -0.2) is 47.7 Å². The number of carboxylic acids is 1. The number of aliphatic carboxylic acids is 1. The van der Waals surface area contributed by atoms with Crippen LogP contribution in [0.5, 0.6) is 5.75 Å². The van der Waals surface area contributed by atoms with E-state index in [0.717, 1.165) is 0 Å². The minimum absolute atomic E-state index is 0.190. The molecule has 114 valence electrons. The Bertz CT molecular complexity index is 530. The zero-order valence-corrected chi connectivity index (χ0v) is 12.3. The van der Waals surface area contributed by atoms with Crippen LogP contribution < -0.4 is 9.64 Å². The van der Waals surface area contributed by atoms with Gasteiger partial charge >= 0.3 is 12.0 Å². The number of carbonyl (C=O) groups is 2. The Kier molecular flexibility index (Phi) is 4.67. The first-order chi connectivity index (χ1) is 10.0. The van der Waals surface area contributed by atoms with Gasteiger partial charge in [-0.15, -0.1) is 0 Å². The van der Waals surface area contributed by atoms with Gasteiger partial charge in [0, 0.05) is 12.6 Å². The van der Waals surface area contributed by atoms with Crippen molar-refractivity contribution in [2.24, 2.45) is 0 Å². The summed E-state index contributed by atoms with van der Waals surface area (Å²) in [6.07, 6.45) is 0.708. The summed E-state index contributed by atoms with van der Waals surface area (Å²) in [7, 11) is 0. The maximum Gasteiger partial charge on any atom is 0.325 e. The number of hydrogen-bond acceptors (Lipinski definition) is 3. The fourth-order valence-corrected chi connectivity index (χ4v) is 2.30. The van der Waals surface area contributed by atoms with Gasteiger partial charge in [-0.1, -0.05) is 12.1 Å². The summed E-state index contributed by atoms with van der Waals surface area (Å²) in [4.78, 5) is 26.7. The third kappa shape index (κ3) is 3.45. The number of anilines is 1. The van der Waals surface area contributed by atoms with Crippen LogP contribution >= 0.6 is 0 Å². The van der Waals surface area contributed by atoms with Crippen LogP contribution in [0.25, 0.3) is 0 Å². The number of carbonyl (C=O) groups excluding carboxylic acids is 1. The third-order valence-electron chi connectivity index (χ3n) is 3.35. The van der Waals surface area contributed by atoms with Crippen molar-refractivity contribution in [2.75, 3.05) is 24.6 Å². The molecule has 0 fully saturated rings. The largest absolute Gasteiger partial charge is 0.491 e. The lowest BCUT2D eigenvalue weighted by Crippen LogP contribution is -2.49. The molecule has 1 aliphatic heterocycles. The molecule has 0 aliphatic carbocycles. The quantitative estimate of drug-likeness (QED) is 0.927. The molecule has 0 unspecified atom stereocenters. The summed E-state index contributed by atoms with van der Waals surface area (Å²) in [6, 6.07) is 6.83. The van der Waals surface area contributed by atoms with E-state index in [9.17, 15) is 9.59 Å². The second-order valence-corrected chi connectivity index (χ2v) is 5.22. The summed E-state index contributed by atoms with van der Waals surface area (Å²) in [5.74, 6) is -0.362. The number of rotatable bonds is 3. The number of amides is 2. The fraction of sp³-hybridized carbons (Fsp3) is 0.467. The molecule has 6 nitrogen and oxygen atoms in total. The Morgan fingerprint density at radius 2 is 2.10 bits per heavy atom. The van der Waals surface area contributed by atoms with E-state index in [1.165, 1.54) is 4.90 Å². The van der Waals surface area contributed by atoms with E-state index < -0.39 is 5.97 Å². The first kappa shape index (κ1) is 15.2. The standard InChI is InChI=1S/C15H20N2O4/c1-11(2)17(10-14(18)19)15(20)16-8-5-9-21-13-7-4-3-6-12(13)16/h3-4,6-7,11H,5,8-10H2,1-2H3,(H,18,19). The summed E-state index contributed by atoms with van der Waals surface area (Å²) < 4.78 is 5.62. The molecule has 2 amide bonds.